The molecule has 0 aliphatic carbocycles. The van der Waals surface area contributed by atoms with Crippen LogP contribution in [0.2, 0.25) is 0 Å². The first-order chi connectivity index (χ1) is 13.6. The summed E-state index contributed by atoms with van der Waals surface area (Å²) in [6, 6.07) is 16.7. The molecule has 0 aromatic heterocycles. The van der Waals surface area contributed by atoms with Gasteiger partial charge in [-0.3, -0.25) is 9.59 Å². The summed E-state index contributed by atoms with van der Waals surface area (Å²) >= 11 is 0. The third-order valence-electron chi connectivity index (χ3n) is 5.43. The van der Waals surface area contributed by atoms with Gasteiger partial charge in [0.15, 0.2) is 0 Å². The second-order valence-electron chi connectivity index (χ2n) is 7.31. The Hall–Kier alpha value is -2.66. The van der Waals surface area contributed by atoms with Crippen LogP contribution < -0.4 is 5.32 Å². The lowest BCUT2D eigenvalue weighted by molar-refractivity contribution is -0.139. The molecule has 28 heavy (non-hydrogen) atoms. The van der Waals surface area contributed by atoms with Crippen molar-refractivity contribution < 1.29 is 14.3 Å². The van der Waals surface area contributed by atoms with E-state index in [0.717, 1.165) is 24.1 Å². The smallest absolute Gasteiger partial charge is 0.325 e. The van der Waals surface area contributed by atoms with Gasteiger partial charge in [-0.15, -0.1) is 0 Å². The highest BCUT2D eigenvalue weighted by Gasteiger charge is 2.19. The highest BCUT2D eigenvalue weighted by Crippen LogP contribution is 2.21. The van der Waals surface area contributed by atoms with Gasteiger partial charge in [0.1, 0.15) is 6.54 Å². The Morgan fingerprint density at radius 1 is 1.07 bits per heavy atom. The number of hydrogen-bond donors (Lipinski definition) is 1. The summed E-state index contributed by atoms with van der Waals surface area (Å²) < 4.78 is 4.52. The zero-order chi connectivity index (χ0) is 19.9. The summed E-state index contributed by atoms with van der Waals surface area (Å²) in [5.41, 5.74) is 4.05. The lowest BCUT2D eigenvalue weighted by Gasteiger charge is -2.20. The second-order valence-corrected chi connectivity index (χ2v) is 7.31. The number of benzene rings is 2. The predicted octanol–water partition coefficient (Wildman–Crippen LogP) is 3.28. The van der Waals surface area contributed by atoms with Gasteiger partial charge in [0.25, 0.3) is 5.91 Å². The van der Waals surface area contributed by atoms with Crippen LogP contribution in [0.15, 0.2) is 48.5 Å². The number of carbonyl (C=O) groups is 2. The Bertz CT molecular complexity index is 800. The molecule has 1 unspecified atom stereocenters. The maximum atomic E-state index is 12.0. The average molecular weight is 380 g/mol. The van der Waals surface area contributed by atoms with Gasteiger partial charge in [-0.25, -0.2) is 0 Å². The van der Waals surface area contributed by atoms with Crippen molar-refractivity contribution in [3.63, 3.8) is 0 Å². The number of nitrogens with zero attached hydrogens (tertiary/aromatic N) is 1. The number of likely N-dealkylation sites (tertiary alicyclic amines) is 1. The quantitative estimate of drug-likeness (QED) is 0.749. The van der Waals surface area contributed by atoms with Crippen molar-refractivity contribution in [2.45, 2.75) is 32.2 Å². The first-order valence-electron chi connectivity index (χ1n) is 9.85. The summed E-state index contributed by atoms with van der Waals surface area (Å²) in [6.07, 6.45) is 3.70. The molecule has 1 saturated heterocycles. The fraction of sp³-hybridized carbons (Fsp3) is 0.391. The first kappa shape index (κ1) is 20.1. The normalized spacial score (nSPS) is 16.7. The number of hydrogen-bond acceptors (Lipinski definition) is 4. The van der Waals surface area contributed by atoms with Crippen LogP contribution in [0.1, 0.15) is 35.7 Å². The minimum absolute atomic E-state index is 0.130. The van der Waals surface area contributed by atoms with E-state index in [1.165, 1.54) is 32.1 Å². The van der Waals surface area contributed by atoms with Crippen molar-refractivity contribution in [1.82, 2.24) is 10.2 Å². The van der Waals surface area contributed by atoms with Crippen LogP contribution in [-0.4, -0.2) is 49.6 Å². The van der Waals surface area contributed by atoms with Crippen molar-refractivity contribution >= 4 is 11.9 Å². The molecule has 1 atom stereocenters. The van der Waals surface area contributed by atoms with E-state index in [9.17, 15) is 9.59 Å². The molecule has 5 heteroatoms. The molecule has 0 bridgehead atoms. The Labute approximate surface area is 166 Å². The van der Waals surface area contributed by atoms with Crippen LogP contribution in [0.3, 0.4) is 0 Å². The maximum absolute atomic E-state index is 12.0. The Kier molecular flexibility index (Phi) is 6.82. The predicted molar refractivity (Wildman–Crippen MR) is 110 cm³/mol. The third kappa shape index (κ3) is 5.20. The number of esters is 1. The van der Waals surface area contributed by atoms with Crippen molar-refractivity contribution in [3.05, 3.63) is 59.7 Å². The molecule has 1 heterocycles. The minimum Gasteiger partial charge on any atom is -0.468 e. The summed E-state index contributed by atoms with van der Waals surface area (Å²) in [4.78, 5) is 25.7. The van der Waals surface area contributed by atoms with Crippen molar-refractivity contribution in [2.24, 2.45) is 0 Å². The minimum atomic E-state index is -0.468. The molecule has 0 spiro atoms. The Morgan fingerprint density at radius 3 is 2.29 bits per heavy atom. The lowest BCUT2D eigenvalue weighted by atomic mass is 10.0. The molecule has 5 nitrogen and oxygen atoms in total. The molecule has 148 valence electrons. The molecule has 1 amide bonds. The maximum Gasteiger partial charge on any atom is 0.325 e. The lowest BCUT2D eigenvalue weighted by Crippen LogP contribution is -2.30. The summed E-state index contributed by atoms with van der Waals surface area (Å²) in [6.45, 7) is 4.53. The number of ether oxygens (including phenoxy) is 1. The van der Waals surface area contributed by atoms with Crippen LogP contribution in [-0.2, 0) is 16.0 Å². The molecule has 1 N–H and O–H groups in total. The largest absolute Gasteiger partial charge is 0.468 e. The number of rotatable bonds is 7. The van der Waals surface area contributed by atoms with E-state index in [2.05, 4.69) is 46.1 Å². The Balaban J connectivity index is 1.56. The monoisotopic (exact) mass is 380 g/mol. The van der Waals surface area contributed by atoms with Gasteiger partial charge in [-0.1, -0.05) is 36.4 Å². The summed E-state index contributed by atoms with van der Waals surface area (Å²) in [7, 11) is 1.29. The molecule has 2 aromatic rings. The fourth-order valence-corrected chi connectivity index (χ4v) is 3.60. The topological polar surface area (TPSA) is 58.6 Å². The van der Waals surface area contributed by atoms with E-state index in [1.54, 1.807) is 12.1 Å². The molecular weight excluding hydrogens is 352 g/mol. The molecular formula is C23H28N2O3. The molecule has 1 aliphatic heterocycles. The van der Waals surface area contributed by atoms with Crippen LogP contribution in [0, 0.1) is 0 Å². The second kappa shape index (κ2) is 9.51. The van der Waals surface area contributed by atoms with E-state index in [-0.39, 0.29) is 12.5 Å². The van der Waals surface area contributed by atoms with Crippen LogP contribution >= 0.6 is 0 Å². The molecule has 1 fully saturated rings. The number of nitrogens with one attached hydrogen (secondary N) is 1. The van der Waals surface area contributed by atoms with Gasteiger partial charge in [-0.2, -0.15) is 0 Å². The van der Waals surface area contributed by atoms with E-state index in [1.807, 2.05) is 12.1 Å². The number of methoxy groups -OCH3 is 1. The van der Waals surface area contributed by atoms with Crippen molar-refractivity contribution in [2.75, 3.05) is 26.7 Å². The highest BCUT2D eigenvalue weighted by atomic mass is 16.5. The van der Waals surface area contributed by atoms with Crippen molar-refractivity contribution in [3.8, 4) is 11.1 Å². The van der Waals surface area contributed by atoms with Crippen molar-refractivity contribution in [1.29, 1.82) is 0 Å². The SMILES string of the molecule is COC(=O)CNC(=O)c1ccc(-c2ccc(CCN3CCCC3C)cc2)cc1. The summed E-state index contributed by atoms with van der Waals surface area (Å²) in [5.74, 6) is -0.757. The molecule has 0 saturated carbocycles. The van der Waals surface area contributed by atoms with Crippen LogP contribution in [0.4, 0.5) is 0 Å². The van der Waals surface area contributed by atoms with Gasteiger partial charge < -0.3 is 15.0 Å². The van der Waals surface area contributed by atoms with E-state index in [4.69, 9.17) is 0 Å². The van der Waals surface area contributed by atoms with Gasteiger partial charge in [0, 0.05) is 18.2 Å². The van der Waals surface area contributed by atoms with Gasteiger partial charge >= 0.3 is 5.97 Å². The van der Waals surface area contributed by atoms with Gasteiger partial charge in [0.05, 0.1) is 7.11 Å². The first-order valence-corrected chi connectivity index (χ1v) is 9.85. The molecule has 0 radical (unpaired) electrons. The third-order valence-corrected chi connectivity index (χ3v) is 5.43. The zero-order valence-corrected chi connectivity index (χ0v) is 16.6. The molecule has 3 rings (SSSR count). The molecule has 2 aromatic carbocycles. The highest BCUT2D eigenvalue weighted by molar-refractivity contribution is 5.96. The zero-order valence-electron chi connectivity index (χ0n) is 16.6. The number of carbonyl (C=O) groups excluding carboxylic acids is 2. The average Bonchev–Trinajstić information content (AvgIpc) is 3.15. The fourth-order valence-electron chi connectivity index (χ4n) is 3.60. The van der Waals surface area contributed by atoms with E-state index < -0.39 is 5.97 Å². The summed E-state index contributed by atoms with van der Waals surface area (Å²) in [5, 5.41) is 2.54. The van der Waals surface area contributed by atoms with Gasteiger partial charge in [0.2, 0.25) is 0 Å². The van der Waals surface area contributed by atoms with Crippen LogP contribution in [0.25, 0.3) is 11.1 Å². The molecule has 1 aliphatic rings. The van der Waals surface area contributed by atoms with Crippen LogP contribution in [0.5, 0.6) is 0 Å². The standard InChI is InChI=1S/C23H28N2O3/c1-17-4-3-14-25(17)15-13-18-5-7-19(8-6-18)20-9-11-21(12-10-20)23(27)24-16-22(26)28-2/h5-12,17H,3-4,13-16H2,1-2H3,(H,24,27). The Morgan fingerprint density at radius 2 is 1.71 bits per heavy atom. The van der Waals surface area contributed by atoms with E-state index >= 15 is 0 Å². The van der Waals surface area contributed by atoms with E-state index in [0.29, 0.717) is 11.6 Å². The van der Waals surface area contributed by atoms with Gasteiger partial charge in [-0.05, 0) is 61.6 Å². The number of amides is 1.